The third-order valence-corrected chi connectivity index (χ3v) is 4.65. The van der Waals surface area contributed by atoms with Gasteiger partial charge in [0.2, 0.25) is 5.91 Å². The Hall–Kier alpha value is -3.22. The molecule has 32 heavy (non-hydrogen) atoms. The van der Waals surface area contributed by atoms with Crippen molar-refractivity contribution in [3.05, 3.63) is 53.6 Å². The van der Waals surface area contributed by atoms with E-state index in [0.717, 1.165) is 35.6 Å². The van der Waals surface area contributed by atoms with Gasteiger partial charge in [0.25, 0.3) is 0 Å². The summed E-state index contributed by atoms with van der Waals surface area (Å²) in [5.74, 6) is 1.01. The summed E-state index contributed by atoms with van der Waals surface area (Å²) in [4.78, 5) is 24.1. The molecule has 0 unspecified atom stereocenters. The summed E-state index contributed by atoms with van der Waals surface area (Å²) < 4.78 is 16.4. The molecular formula is C25H34N2O5. The lowest BCUT2D eigenvalue weighted by atomic mass is 10.1. The Bertz CT molecular complexity index is 852. The van der Waals surface area contributed by atoms with Gasteiger partial charge >= 0.3 is 5.97 Å². The van der Waals surface area contributed by atoms with E-state index in [1.54, 1.807) is 24.3 Å². The number of hydrogen-bond donors (Lipinski definition) is 2. The van der Waals surface area contributed by atoms with Gasteiger partial charge in [0, 0.05) is 12.2 Å². The fourth-order valence-corrected chi connectivity index (χ4v) is 2.96. The molecule has 1 amide bonds. The van der Waals surface area contributed by atoms with Crippen LogP contribution in [0.3, 0.4) is 0 Å². The van der Waals surface area contributed by atoms with E-state index in [-0.39, 0.29) is 18.4 Å². The van der Waals surface area contributed by atoms with Crippen molar-refractivity contribution in [3.63, 3.8) is 0 Å². The molecule has 174 valence electrons. The van der Waals surface area contributed by atoms with Gasteiger partial charge in [-0.15, -0.1) is 0 Å². The average Bonchev–Trinajstić information content (AvgIpc) is 2.80. The average molecular weight is 443 g/mol. The van der Waals surface area contributed by atoms with Crippen LogP contribution in [-0.2, 0) is 16.0 Å². The van der Waals surface area contributed by atoms with E-state index in [4.69, 9.17) is 14.2 Å². The molecule has 7 heteroatoms. The number of anilines is 1. The smallest absolute Gasteiger partial charge is 0.338 e. The number of carbonyl (C=O) groups excluding carboxylic acids is 2. The van der Waals surface area contributed by atoms with Gasteiger partial charge in [-0.1, -0.05) is 19.4 Å². The Morgan fingerprint density at radius 2 is 1.62 bits per heavy atom. The fraction of sp³-hybridized carbons (Fsp3) is 0.440. The number of carbonyl (C=O) groups is 2. The third-order valence-electron chi connectivity index (χ3n) is 4.65. The van der Waals surface area contributed by atoms with E-state index in [2.05, 4.69) is 10.6 Å². The molecule has 0 saturated heterocycles. The molecule has 0 aliphatic heterocycles. The van der Waals surface area contributed by atoms with E-state index < -0.39 is 0 Å². The van der Waals surface area contributed by atoms with Crippen LogP contribution < -0.4 is 20.1 Å². The summed E-state index contributed by atoms with van der Waals surface area (Å²) in [6.07, 6.45) is 2.52. The maximum Gasteiger partial charge on any atom is 0.338 e. The van der Waals surface area contributed by atoms with Crippen molar-refractivity contribution in [2.75, 3.05) is 38.2 Å². The molecule has 0 spiro atoms. The maximum absolute atomic E-state index is 12.1. The predicted molar refractivity (Wildman–Crippen MR) is 126 cm³/mol. The highest BCUT2D eigenvalue weighted by Crippen LogP contribution is 2.28. The van der Waals surface area contributed by atoms with Crippen molar-refractivity contribution in [1.29, 1.82) is 0 Å². The van der Waals surface area contributed by atoms with Crippen LogP contribution in [-0.4, -0.2) is 44.8 Å². The second-order valence-electron chi connectivity index (χ2n) is 7.17. The first-order chi connectivity index (χ1) is 15.6. The molecule has 2 aromatic rings. The van der Waals surface area contributed by atoms with Crippen LogP contribution in [0.25, 0.3) is 0 Å². The van der Waals surface area contributed by atoms with Gasteiger partial charge in [-0.2, -0.15) is 0 Å². The van der Waals surface area contributed by atoms with Gasteiger partial charge in [0.15, 0.2) is 11.5 Å². The summed E-state index contributed by atoms with van der Waals surface area (Å²) >= 11 is 0. The Morgan fingerprint density at radius 3 is 2.31 bits per heavy atom. The number of rotatable bonds is 14. The monoisotopic (exact) mass is 442 g/mol. The van der Waals surface area contributed by atoms with Gasteiger partial charge in [0.1, 0.15) is 0 Å². The third kappa shape index (κ3) is 8.49. The predicted octanol–water partition coefficient (Wildman–Crippen LogP) is 4.21. The molecule has 0 aliphatic carbocycles. The van der Waals surface area contributed by atoms with E-state index in [9.17, 15) is 9.59 Å². The van der Waals surface area contributed by atoms with Crippen molar-refractivity contribution in [3.8, 4) is 11.5 Å². The van der Waals surface area contributed by atoms with Crippen molar-refractivity contribution >= 4 is 17.6 Å². The minimum Gasteiger partial charge on any atom is -0.490 e. The zero-order valence-corrected chi connectivity index (χ0v) is 19.2. The van der Waals surface area contributed by atoms with E-state index >= 15 is 0 Å². The molecule has 0 aromatic heterocycles. The molecule has 0 fully saturated rings. The highest BCUT2D eigenvalue weighted by molar-refractivity contribution is 5.90. The molecule has 0 bridgehead atoms. The van der Waals surface area contributed by atoms with Crippen molar-refractivity contribution in [1.82, 2.24) is 5.32 Å². The molecule has 0 radical (unpaired) electrons. The molecule has 2 rings (SSSR count). The maximum atomic E-state index is 12.1. The molecule has 0 heterocycles. The Morgan fingerprint density at radius 1 is 0.906 bits per heavy atom. The van der Waals surface area contributed by atoms with Crippen LogP contribution in [0.5, 0.6) is 11.5 Å². The molecule has 2 aromatic carbocycles. The van der Waals surface area contributed by atoms with Gasteiger partial charge in [-0.05, 0) is 68.7 Å². The van der Waals surface area contributed by atoms with Crippen LogP contribution in [0.1, 0.15) is 49.5 Å². The standard InChI is InChI=1S/C25H34N2O5/c1-4-7-16-32-25(29)20-9-11-21(12-10-20)27-18-24(28)26-15-14-19-8-13-22(30-5-2)23(17-19)31-6-3/h8-13,17,27H,4-7,14-16,18H2,1-3H3,(H,26,28). The van der Waals surface area contributed by atoms with Crippen LogP contribution in [0.4, 0.5) is 5.69 Å². The van der Waals surface area contributed by atoms with Crippen molar-refractivity contribution in [2.45, 2.75) is 40.0 Å². The van der Waals surface area contributed by atoms with E-state index in [0.29, 0.717) is 38.3 Å². The summed E-state index contributed by atoms with van der Waals surface area (Å²) in [5, 5.41) is 5.96. The Kier molecular flexibility index (Phi) is 10.9. The second-order valence-corrected chi connectivity index (χ2v) is 7.17. The molecule has 7 nitrogen and oxygen atoms in total. The SMILES string of the molecule is CCCCOC(=O)c1ccc(NCC(=O)NCCc2ccc(OCC)c(OCC)c2)cc1. The van der Waals surface area contributed by atoms with Crippen LogP contribution in [0.2, 0.25) is 0 Å². The fourth-order valence-electron chi connectivity index (χ4n) is 2.96. The molecule has 2 N–H and O–H groups in total. The highest BCUT2D eigenvalue weighted by atomic mass is 16.5. The summed E-state index contributed by atoms with van der Waals surface area (Å²) in [6.45, 7) is 8.14. The number of esters is 1. The van der Waals surface area contributed by atoms with Crippen LogP contribution >= 0.6 is 0 Å². The lowest BCUT2D eigenvalue weighted by Gasteiger charge is -2.13. The number of ether oxygens (including phenoxy) is 3. The molecule has 0 saturated carbocycles. The largest absolute Gasteiger partial charge is 0.490 e. The summed E-state index contributed by atoms with van der Waals surface area (Å²) in [5.41, 5.74) is 2.32. The van der Waals surface area contributed by atoms with Crippen LogP contribution in [0, 0.1) is 0 Å². The zero-order chi connectivity index (χ0) is 23.2. The number of unbranched alkanes of at least 4 members (excludes halogenated alkanes) is 1. The summed E-state index contributed by atoms with van der Waals surface area (Å²) in [6, 6.07) is 12.7. The summed E-state index contributed by atoms with van der Waals surface area (Å²) in [7, 11) is 0. The van der Waals surface area contributed by atoms with Gasteiger partial charge in [0.05, 0.1) is 31.9 Å². The Balaban J connectivity index is 1.74. The van der Waals surface area contributed by atoms with Gasteiger partial charge in [-0.3, -0.25) is 4.79 Å². The topological polar surface area (TPSA) is 85.9 Å². The zero-order valence-electron chi connectivity index (χ0n) is 19.2. The number of hydrogen-bond acceptors (Lipinski definition) is 6. The first-order valence-corrected chi connectivity index (χ1v) is 11.2. The molecule has 0 atom stereocenters. The first kappa shape index (κ1) is 25.0. The molecular weight excluding hydrogens is 408 g/mol. The Labute approximate surface area is 190 Å². The van der Waals surface area contributed by atoms with E-state index in [1.165, 1.54) is 0 Å². The normalized spacial score (nSPS) is 10.3. The van der Waals surface area contributed by atoms with Crippen LogP contribution in [0.15, 0.2) is 42.5 Å². The highest BCUT2D eigenvalue weighted by Gasteiger charge is 2.08. The first-order valence-electron chi connectivity index (χ1n) is 11.2. The number of benzene rings is 2. The minimum atomic E-state index is -0.329. The van der Waals surface area contributed by atoms with Crippen molar-refractivity contribution < 1.29 is 23.8 Å². The van der Waals surface area contributed by atoms with Crippen molar-refractivity contribution in [2.24, 2.45) is 0 Å². The quantitative estimate of drug-likeness (QED) is 0.337. The lowest BCUT2D eigenvalue weighted by molar-refractivity contribution is -0.119. The van der Waals surface area contributed by atoms with Gasteiger partial charge < -0.3 is 24.8 Å². The second kappa shape index (κ2) is 14.0. The molecule has 0 aliphatic rings. The lowest BCUT2D eigenvalue weighted by Crippen LogP contribution is -2.31. The van der Waals surface area contributed by atoms with E-state index in [1.807, 2.05) is 39.0 Å². The number of nitrogens with one attached hydrogen (secondary N) is 2. The number of amides is 1. The van der Waals surface area contributed by atoms with Gasteiger partial charge in [-0.25, -0.2) is 4.79 Å². The minimum absolute atomic E-state index is 0.107.